The molecule has 41 heavy (non-hydrogen) atoms. The van der Waals surface area contributed by atoms with Crippen LogP contribution in [-0.2, 0) is 25.5 Å². The van der Waals surface area contributed by atoms with E-state index in [1.807, 2.05) is 32.0 Å². The number of carbonyl (C=O) groups excluding carboxylic acids is 4. The Kier molecular flexibility index (Phi) is 12.3. The van der Waals surface area contributed by atoms with E-state index in [-0.39, 0.29) is 24.4 Å². The standard InChI is InChI=1S/C34H40ClNO5/c1-4-6-31(37)29(33(39)34(36)40)19-22(3)32(38)27-16-9-23(10-17-27)7-8-25-12-15-26(30(35)21-25)14-11-24-13-18-28(20-24)41-5-2/h9-10,12,15-17,21-22,24,28-29H,4-6,11,13-14,18-20H2,1-3H3,(H2,36,40). The molecule has 0 aromatic heterocycles. The van der Waals surface area contributed by atoms with Crippen LogP contribution >= 0.6 is 11.6 Å². The first-order valence-electron chi connectivity index (χ1n) is 14.6. The predicted octanol–water partition coefficient (Wildman–Crippen LogP) is 6.13. The molecule has 4 atom stereocenters. The molecule has 0 spiro atoms. The van der Waals surface area contributed by atoms with Gasteiger partial charge in [-0.2, -0.15) is 0 Å². The minimum Gasteiger partial charge on any atom is -0.378 e. The van der Waals surface area contributed by atoms with Gasteiger partial charge in [-0.15, -0.1) is 0 Å². The Morgan fingerprint density at radius 1 is 1.02 bits per heavy atom. The molecule has 1 aliphatic rings. The summed E-state index contributed by atoms with van der Waals surface area (Å²) in [5.74, 6) is 2.43. The van der Waals surface area contributed by atoms with Crippen LogP contribution in [0.15, 0.2) is 42.5 Å². The summed E-state index contributed by atoms with van der Waals surface area (Å²) in [6.45, 7) is 6.28. The number of hydrogen-bond acceptors (Lipinski definition) is 5. The van der Waals surface area contributed by atoms with Crippen molar-refractivity contribution in [2.24, 2.45) is 23.5 Å². The fourth-order valence-electron chi connectivity index (χ4n) is 5.45. The molecule has 1 saturated carbocycles. The van der Waals surface area contributed by atoms with Crippen LogP contribution in [0.1, 0.15) is 92.8 Å². The molecule has 4 unspecified atom stereocenters. The summed E-state index contributed by atoms with van der Waals surface area (Å²) in [5.41, 5.74) is 8.26. The van der Waals surface area contributed by atoms with Gasteiger partial charge in [0.15, 0.2) is 5.78 Å². The van der Waals surface area contributed by atoms with Gasteiger partial charge < -0.3 is 10.5 Å². The number of rotatable bonds is 14. The highest BCUT2D eigenvalue weighted by Gasteiger charge is 2.32. The van der Waals surface area contributed by atoms with Gasteiger partial charge in [-0.05, 0) is 87.6 Å². The maximum atomic E-state index is 13.0. The average Bonchev–Trinajstić information content (AvgIpc) is 3.41. The predicted molar refractivity (Wildman–Crippen MR) is 161 cm³/mol. The van der Waals surface area contributed by atoms with Gasteiger partial charge in [0.25, 0.3) is 5.91 Å². The van der Waals surface area contributed by atoms with Crippen LogP contribution in [0.2, 0.25) is 5.02 Å². The van der Waals surface area contributed by atoms with Crippen molar-refractivity contribution in [2.45, 2.75) is 78.2 Å². The largest absolute Gasteiger partial charge is 0.378 e. The van der Waals surface area contributed by atoms with Crippen molar-refractivity contribution >= 4 is 34.9 Å². The van der Waals surface area contributed by atoms with Crippen LogP contribution in [-0.4, -0.2) is 36.0 Å². The molecule has 1 fully saturated rings. The molecule has 1 amide bonds. The Morgan fingerprint density at radius 3 is 2.34 bits per heavy atom. The van der Waals surface area contributed by atoms with Crippen molar-refractivity contribution in [2.75, 3.05) is 6.61 Å². The number of nitrogens with two attached hydrogens (primary N) is 1. The van der Waals surface area contributed by atoms with E-state index >= 15 is 0 Å². The molecular formula is C34H40ClNO5. The van der Waals surface area contributed by atoms with Crippen molar-refractivity contribution in [3.8, 4) is 11.8 Å². The minimum absolute atomic E-state index is 0.0494. The van der Waals surface area contributed by atoms with Crippen molar-refractivity contribution in [1.29, 1.82) is 0 Å². The number of hydrogen-bond donors (Lipinski definition) is 1. The first-order valence-corrected chi connectivity index (χ1v) is 14.9. The summed E-state index contributed by atoms with van der Waals surface area (Å²) < 4.78 is 5.77. The van der Waals surface area contributed by atoms with Crippen molar-refractivity contribution in [3.63, 3.8) is 0 Å². The quantitative estimate of drug-likeness (QED) is 0.126. The lowest BCUT2D eigenvalue weighted by Gasteiger charge is -2.17. The molecule has 0 bridgehead atoms. The van der Waals surface area contributed by atoms with Crippen LogP contribution in [0.3, 0.4) is 0 Å². The highest BCUT2D eigenvalue weighted by molar-refractivity contribution is 6.40. The third kappa shape index (κ3) is 9.38. The summed E-state index contributed by atoms with van der Waals surface area (Å²) in [7, 11) is 0. The Labute approximate surface area is 248 Å². The summed E-state index contributed by atoms with van der Waals surface area (Å²) in [5, 5.41) is 0.719. The third-order valence-corrected chi connectivity index (χ3v) is 8.12. The zero-order valence-corrected chi connectivity index (χ0v) is 25.0. The van der Waals surface area contributed by atoms with E-state index in [0.717, 1.165) is 54.0 Å². The number of aryl methyl sites for hydroxylation is 1. The van der Waals surface area contributed by atoms with Gasteiger partial charge in [0, 0.05) is 40.7 Å². The van der Waals surface area contributed by atoms with Gasteiger partial charge >= 0.3 is 0 Å². The number of ether oxygens (including phenoxy) is 1. The Bertz CT molecular complexity index is 1310. The van der Waals surface area contributed by atoms with Crippen LogP contribution in [0, 0.1) is 29.6 Å². The Hall–Kier alpha value is -3.27. The molecule has 3 rings (SSSR count). The summed E-state index contributed by atoms with van der Waals surface area (Å²) >= 11 is 6.57. The fourth-order valence-corrected chi connectivity index (χ4v) is 5.73. The van der Waals surface area contributed by atoms with Crippen molar-refractivity contribution in [1.82, 2.24) is 0 Å². The third-order valence-electron chi connectivity index (χ3n) is 7.77. The van der Waals surface area contributed by atoms with E-state index in [0.29, 0.717) is 24.0 Å². The Balaban J connectivity index is 1.59. The van der Waals surface area contributed by atoms with Gasteiger partial charge in [0.05, 0.1) is 12.0 Å². The summed E-state index contributed by atoms with van der Waals surface area (Å²) in [6, 6.07) is 12.8. The van der Waals surface area contributed by atoms with Crippen LogP contribution < -0.4 is 5.73 Å². The number of primary amides is 1. The normalized spacial score (nSPS) is 17.8. The van der Waals surface area contributed by atoms with Gasteiger partial charge in [0.1, 0.15) is 5.78 Å². The van der Waals surface area contributed by atoms with E-state index in [4.69, 9.17) is 22.1 Å². The number of amides is 1. The number of halogens is 1. The molecule has 6 nitrogen and oxygen atoms in total. The van der Waals surface area contributed by atoms with E-state index in [1.54, 1.807) is 31.2 Å². The molecule has 0 radical (unpaired) electrons. The number of Topliss-reactive ketones (excluding diaryl/α,β-unsaturated/α-hetero) is 3. The van der Waals surface area contributed by atoms with E-state index in [2.05, 4.69) is 11.8 Å². The van der Waals surface area contributed by atoms with Gasteiger partial charge in [-0.25, -0.2) is 0 Å². The van der Waals surface area contributed by atoms with Gasteiger partial charge in [0.2, 0.25) is 5.78 Å². The van der Waals surface area contributed by atoms with Crippen LogP contribution in [0.25, 0.3) is 0 Å². The maximum absolute atomic E-state index is 13.0. The number of ketones is 3. The molecule has 2 N–H and O–H groups in total. The lowest BCUT2D eigenvalue weighted by Crippen LogP contribution is -2.36. The lowest BCUT2D eigenvalue weighted by atomic mass is 9.83. The molecule has 2 aromatic rings. The molecule has 0 saturated heterocycles. The highest BCUT2D eigenvalue weighted by atomic mass is 35.5. The number of benzene rings is 2. The molecule has 7 heteroatoms. The van der Waals surface area contributed by atoms with Crippen molar-refractivity contribution in [3.05, 3.63) is 69.7 Å². The Morgan fingerprint density at radius 2 is 1.71 bits per heavy atom. The minimum atomic E-state index is -1.19. The monoisotopic (exact) mass is 577 g/mol. The van der Waals surface area contributed by atoms with Crippen LogP contribution in [0.4, 0.5) is 0 Å². The van der Waals surface area contributed by atoms with Crippen molar-refractivity contribution < 1.29 is 23.9 Å². The first kappa shape index (κ1) is 32.2. The second kappa shape index (κ2) is 15.7. The molecule has 0 heterocycles. The SMILES string of the molecule is CCCC(=O)C(CC(C)C(=O)c1ccc(C#Cc2ccc(CCC3CCC(OCC)C3)c(Cl)c2)cc1)C(=O)C(N)=O. The van der Waals surface area contributed by atoms with E-state index < -0.39 is 23.5 Å². The van der Waals surface area contributed by atoms with E-state index in [1.165, 1.54) is 6.42 Å². The summed E-state index contributed by atoms with van der Waals surface area (Å²) in [6.07, 6.45) is 6.58. The fraction of sp³-hybridized carbons (Fsp3) is 0.471. The van der Waals surface area contributed by atoms with Gasteiger partial charge in [-0.1, -0.05) is 55.5 Å². The molecule has 1 aliphatic carbocycles. The molecule has 2 aromatic carbocycles. The molecule has 0 aliphatic heterocycles. The average molecular weight is 578 g/mol. The maximum Gasteiger partial charge on any atom is 0.285 e. The molecular weight excluding hydrogens is 538 g/mol. The second-order valence-corrected chi connectivity index (χ2v) is 11.3. The van der Waals surface area contributed by atoms with E-state index in [9.17, 15) is 19.2 Å². The number of carbonyl (C=O) groups is 4. The lowest BCUT2D eigenvalue weighted by molar-refractivity contribution is -0.142. The highest BCUT2D eigenvalue weighted by Crippen LogP contribution is 2.32. The second-order valence-electron chi connectivity index (χ2n) is 10.9. The smallest absolute Gasteiger partial charge is 0.285 e. The molecule has 218 valence electrons. The van der Waals surface area contributed by atoms with Crippen LogP contribution in [0.5, 0.6) is 0 Å². The zero-order chi connectivity index (χ0) is 29.9. The summed E-state index contributed by atoms with van der Waals surface area (Å²) in [4.78, 5) is 49.0. The zero-order valence-electron chi connectivity index (χ0n) is 24.2. The van der Waals surface area contributed by atoms with Gasteiger partial charge in [-0.3, -0.25) is 19.2 Å². The first-order chi connectivity index (χ1) is 19.6. The topological polar surface area (TPSA) is 104 Å².